The second-order valence-electron chi connectivity index (χ2n) is 15.6. The summed E-state index contributed by atoms with van der Waals surface area (Å²) in [7, 11) is 0. The van der Waals surface area contributed by atoms with Crippen molar-refractivity contribution in [2.24, 2.45) is 0 Å². The maximum absolute atomic E-state index is 6.74. The second-order valence-corrected chi connectivity index (χ2v) is 15.6. The van der Waals surface area contributed by atoms with Crippen molar-refractivity contribution in [1.29, 1.82) is 0 Å². The molecule has 3 aliphatic carbocycles. The fraction of sp³-hybridized carbons (Fsp3) is 0.160. The molecule has 1 fully saturated rings. The van der Waals surface area contributed by atoms with Gasteiger partial charge >= 0.3 is 0 Å². The lowest BCUT2D eigenvalue weighted by Gasteiger charge is -2.30. The smallest absolute Gasteiger partial charge is 0.159 e. The van der Waals surface area contributed by atoms with Crippen LogP contribution in [0.3, 0.4) is 0 Å². The van der Waals surface area contributed by atoms with E-state index in [-0.39, 0.29) is 10.8 Å². The van der Waals surface area contributed by atoms with Gasteiger partial charge in [-0.25, -0.2) is 0 Å². The molecule has 1 heterocycles. The maximum atomic E-state index is 6.74. The molecule has 250 valence electrons. The lowest BCUT2D eigenvalue weighted by atomic mass is 9.76. The standard InChI is InChI=1S/C50H39NO/c1-49(2)42-22-6-3-17-37(42)40-20-12-19-35(47(40)49)32-14-11-15-33(30-32)51(45-24-13-21-41-39-18-5-8-25-46(39)52-48(41)45)34-26-27-38-36-16-4-7-23-43(36)50(44(38)31-34)28-9-10-29-50/h3-8,11-27,30-31H,9-10,28-29H2,1-2H3. The molecule has 0 aliphatic heterocycles. The van der Waals surface area contributed by atoms with E-state index in [0.29, 0.717) is 0 Å². The Morgan fingerprint density at radius 2 is 1.13 bits per heavy atom. The molecule has 0 amide bonds. The molecule has 1 spiro atoms. The SMILES string of the molecule is CC1(C)c2ccccc2-c2cccc(-c3cccc(N(c4ccc5c(c4)C4(CCCC4)c4ccccc4-5)c4cccc5c4oc4ccccc45)c3)c21. The number of benzene rings is 7. The van der Waals surface area contributed by atoms with Gasteiger partial charge in [0.05, 0.1) is 5.69 Å². The van der Waals surface area contributed by atoms with Crippen LogP contribution in [0.1, 0.15) is 61.8 Å². The fourth-order valence-electron chi connectivity index (χ4n) is 10.3. The third kappa shape index (κ3) is 4.01. The summed E-state index contributed by atoms with van der Waals surface area (Å²) in [5.41, 5.74) is 18.9. The van der Waals surface area contributed by atoms with E-state index in [1.807, 2.05) is 0 Å². The van der Waals surface area contributed by atoms with Crippen molar-refractivity contribution >= 4 is 39.0 Å². The number of hydrogen-bond donors (Lipinski definition) is 0. The van der Waals surface area contributed by atoms with Gasteiger partial charge in [0.2, 0.25) is 0 Å². The molecule has 0 atom stereocenters. The van der Waals surface area contributed by atoms with Crippen LogP contribution in [0, 0.1) is 0 Å². The molecule has 0 radical (unpaired) electrons. The Balaban J connectivity index is 1.14. The predicted molar refractivity (Wildman–Crippen MR) is 216 cm³/mol. The molecule has 0 N–H and O–H groups in total. The first-order valence-corrected chi connectivity index (χ1v) is 18.8. The van der Waals surface area contributed by atoms with Gasteiger partial charge in [0, 0.05) is 33.0 Å². The molecule has 1 aromatic heterocycles. The first-order valence-electron chi connectivity index (χ1n) is 18.8. The van der Waals surface area contributed by atoms with E-state index >= 15 is 0 Å². The molecule has 8 aromatic rings. The highest BCUT2D eigenvalue weighted by atomic mass is 16.3. The highest BCUT2D eigenvalue weighted by Gasteiger charge is 2.45. The first-order chi connectivity index (χ1) is 25.5. The Kier molecular flexibility index (Phi) is 6.21. The van der Waals surface area contributed by atoms with Crippen LogP contribution in [0.25, 0.3) is 55.3 Å². The van der Waals surface area contributed by atoms with Gasteiger partial charge in [-0.15, -0.1) is 0 Å². The topological polar surface area (TPSA) is 16.4 Å². The molecule has 52 heavy (non-hydrogen) atoms. The zero-order chi connectivity index (χ0) is 34.6. The maximum Gasteiger partial charge on any atom is 0.159 e. The Labute approximate surface area is 305 Å². The quantitative estimate of drug-likeness (QED) is 0.185. The fourth-order valence-corrected chi connectivity index (χ4v) is 10.3. The molecule has 0 bridgehead atoms. The van der Waals surface area contributed by atoms with Crippen molar-refractivity contribution in [2.75, 3.05) is 4.90 Å². The van der Waals surface area contributed by atoms with E-state index in [2.05, 4.69) is 170 Å². The monoisotopic (exact) mass is 669 g/mol. The number of fused-ring (bicyclic) bond motifs is 11. The van der Waals surface area contributed by atoms with Crippen LogP contribution in [0.5, 0.6) is 0 Å². The molecule has 7 aromatic carbocycles. The van der Waals surface area contributed by atoms with Gasteiger partial charge in [-0.1, -0.05) is 142 Å². The number of furan rings is 1. The van der Waals surface area contributed by atoms with Crippen molar-refractivity contribution in [3.8, 4) is 33.4 Å². The molecule has 1 saturated carbocycles. The molecule has 11 rings (SSSR count). The first kappa shape index (κ1) is 29.8. The summed E-state index contributed by atoms with van der Waals surface area (Å²) in [6.45, 7) is 4.75. The normalized spacial score (nSPS) is 15.9. The average molecular weight is 670 g/mol. The van der Waals surface area contributed by atoms with Crippen LogP contribution in [0.4, 0.5) is 17.1 Å². The van der Waals surface area contributed by atoms with Crippen LogP contribution in [0.15, 0.2) is 156 Å². The largest absolute Gasteiger partial charge is 0.454 e. The van der Waals surface area contributed by atoms with Gasteiger partial charge in [0.25, 0.3) is 0 Å². The number of nitrogens with zero attached hydrogens (tertiary/aromatic N) is 1. The molecule has 2 heteroatoms. The van der Waals surface area contributed by atoms with Crippen molar-refractivity contribution in [2.45, 2.75) is 50.4 Å². The summed E-state index contributed by atoms with van der Waals surface area (Å²) in [4.78, 5) is 2.45. The minimum Gasteiger partial charge on any atom is -0.454 e. The average Bonchev–Trinajstić information content (AvgIpc) is 3.95. The predicted octanol–water partition coefficient (Wildman–Crippen LogP) is 13.9. The van der Waals surface area contributed by atoms with Gasteiger partial charge < -0.3 is 9.32 Å². The lowest BCUT2D eigenvalue weighted by Crippen LogP contribution is -2.21. The van der Waals surface area contributed by atoms with Crippen molar-refractivity contribution in [3.05, 3.63) is 174 Å². The highest BCUT2D eigenvalue weighted by molar-refractivity contribution is 6.10. The van der Waals surface area contributed by atoms with E-state index < -0.39 is 0 Å². The molecular formula is C50H39NO. The van der Waals surface area contributed by atoms with Crippen LogP contribution < -0.4 is 4.90 Å². The third-order valence-corrected chi connectivity index (χ3v) is 12.6. The second kappa shape index (κ2) is 10.8. The Hall–Kier alpha value is -5.86. The van der Waals surface area contributed by atoms with Crippen LogP contribution >= 0.6 is 0 Å². The number of hydrogen-bond acceptors (Lipinski definition) is 2. The zero-order valence-corrected chi connectivity index (χ0v) is 29.6. The Morgan fingerprint density at radius 3 is 2.00 bits per heavy atom. The molecule has 3 aliphatic rings. The van der Waals surface area contributed by atoms with Crippen molar-refractivity contribution < 1.29 is 4.42 Å². The third-order valence-electron chi connectivity index (χ3n) is 12.6. The minimum atomic E-state index is -0.108. The number of anilines is 3. The van der Waals surface area contributed by atoms with E-state index in [4.69, 9.17) is 4.42 Å². The number of rotatable bonds is 4. The lowest BCUT2D eigenvalue weighted by molar-refractivity contribution is 0.550. The molecule has 0 saturated heterocycles. The van der Waals surface area contributed by atoms with Crippen molar-refractivity contribution in [1.82, 2.24) is 0 Å². The summed E-state index contributed by atoms with van der Waals surface area (Å²) in [5, 5.41) is 2.28. The van der Waals surface area contributed by atoms with Crippen LogP contribution in [-0.2, 0) is 10.8 Å². The number of para-hydroxylation sites is 2. The van der Waals surface area contributed by atoms with Gasteiger partial charge in [-0.05, 0) is 105 Å². The van der Waals surface area contributed by atoms with E-state index in [1.165, 1.54) is 81.3 Å². The zero-order valence-electron chi connectivity index (χ0n) is 29.6. The Bertz CT molecular complexity index is 2740. The van der Waals surface area contributed by atoms with E-state index in [1.54, 1.807) is 0 Å². The summed E-state index contributed by atoms with van der Waals surface area (Å²) >= 11 is 0. The van der Waals surface area contributed by atoms with Gasteiger partial charge in [0.1, 0.15) is 5.58 Å². The van der Waals surface area contributed by atoms with Gasteiger partial charge in [-0.3, -0.25) is 0 Å². The molecule has 0 unspecified atom stereocenters. The molecular weight excluding hydrogens is 631 g/mol. The summed E-state index contributed by atoms with van der Waals surface area (Å²) in [5.74, 6) is 0. The van der Waals surface area contributed by atoms with Crippen LogP contribution in [0.2, 0.25) is 0 Å². The van der Waals surface area contributed by atoms with Crippen LogP contribution in [-0.4, -0.2) is 0 Å². The van der Waals surface area contributed by atoms with E-state index in [0.717, 1.165) is 39.0 Å². The summed E-state index contributed by atoms with van der Waals surface area (Å²) < 4.78 is 6.74. The van der Waals surface area contributed by atoms with Gasteiger partial charge in [-0.2, -0.15) is 0 Å². The van der Waals surface area contributed by atoms with Gasteiger partial charge in [0.15, 0.2) is 5.58 Å². The summed E-state index contributed by atoms with van der Waals surface area (Å²) in [6, 6.07) is 56.3. The highest BCUT2D eigenvalue weighted by Crippen LogP contribution is 2.58. The van der Waals surface area contributed by atoms with E-state index in [9.17, 15) is 0 Å². The minimum absolute atomic E-state index is 0.0754. The van der Waals surface area contributed by atoms with Crippen molar-refractivity contribution in [3.63, 3.8) is 0 Å². The Morgan fingerprint density at radius 1 is 0.500 bits per heavy atom. The molecule has 2 nitrogen and oxygen atoms in total. The summed E-state index contributed by atoms with van der Waals surface area (Å²) in [6.07, 6.45) is 4.94.